The molecule has 0 amide bonds. The minimum atomic E-state index is -0.977. The van der Waals surface area contributed by atoms with E-state index < -0.39 is 5.60 Å². The highest BCUT2D eigenvalue weighted by molar-refractivity contribution is 6.14. The first kappa shape index (κ1) is 22.7. The summed E-state index contributed by atoms with van der Waals surface area (Å²) < 4.78 is 23.7. The molecule has 12 heteroatoms. The van der Waals surface area contributed by atoms with Crippen LogP contribution >= 0.6 is 0 Å². The number of aliphatic hydroxyl groups is 1. The molecule has 36 heavy (non-hydrogen) atoms. The van der Waals surface area contributed by atoms with Crippen LogP contribution in [0.2, 0.25) is 0 Å². The molecule has 6 rings (SSSR count). The van der Waals surface area contributed by atoms with Crippen LogP contribution in [0.3, 0.4) is 0 Å². The van der Waals surface area contributed by atoms with Crippen LogP contribution in [0.5, 0.6) is 0 Å². The molecule has 0 spiro atoms. The molecule has 1 saturated heterocycles. The number of furan rings is 1. The summed E-state index contributed by atoms with van der Waals surface area (Å²) in [5, 5.41) is 12.5. The number of rotatable bonds is 5. The SMILES string of the molecule is Cn1c(=O)n(CCN2CCC(O)(c3ccc(F)cc3)CC2)c2nc3c(n21)C(c1ccco1)=NCN3N. The average Bonchev–Trinajstić information content (AvgIpc) is 3.59. The van der Waals surface area contributed by atoms with Crippen molar-refractivity contribution in [2.45, 2.75) is 25.0 Å². The largest absolute Gasteiger partial charge is 0.463 e. The molecule has 1 aromatic carbocycles. The van der Waals surface area contributed by atoms with Crippen molar-refractivity contribution in [1.82, 2.24) is 23.6 Å². The van der Waals surface area contributed by atoms with Gasteiger partial charge in [0.05, 0.1) is 11.9 Å². The number of nitrogens with zero attached hydrogens (tertiary/aromatic N) is 7. The zero-order valence-electron chi connectivity index (χ0n) is 19.8. The highest BCUT2D eigenvalue weighted by Crippen LogP contribution is 2.33. The highest BCUT2D eigenvalue weighted by Gasteiger charge is 2.34. The van der Waals surface area contributed by atoms with Crippen molar-refractivity contribution < 1.29 is 13.9 Å². The number of aromatic nitrogens is 4. The van der Waals surface area contributed by atoms with Crippen LogP contribution in [0.1, 0.15) is 29.9 Å². The Kier molecular flexibility index (Phi) is 5.32. The summed E-state index contributed by atoms with van der Waals surface area (Å²) in [7, 11) is 1.69. The van der Waals surface area contributed by atoms with Crippen LogP contribution < -0.4 is 16.5 Å². The third-order valence-electron chi connectivity index (χ3n) is 7.20. The van der Waals surface area contributed by atoms with E-state index in [0.717, 1.165) is 5.56 Å². The van der Waals surface area contributed by atoms with Gasteiger partial charge in [0, 0.05) is 33.2 Å². The van der Waals surface area contributed by atoms with Crippen molar-refractivity contribution >= 4 is 17.3 Å². The maximum Gasteiger partial charge on any atom is 0.345 e. The van der Waals surface area contributed by atoms with Gasteiger partial charge in [-0.15, -0.1) is 0 Å². The van der Waals surface area contributed by atoms with E-state index in [-0.39, 0.29) is 18.2 Å². The Labute approximate surface area is 205 Å². The van der Waals surface area contributed by atoms with Gasteiger partial charge in [0.1, 0.15) is 23.9 Å². The van der Waals surface area contributed by atoms with Crippen molar-refractivity contribution in [3.05, 3.63) is 76.0 Å². The molecular weight excluding hydrogens is 467 g/mol. The minimum Gasteiger partial charge on any atom is -0.463 e. The lowest BCUT2D eigenvalue weighted by molar-refractivity contribution is -0.0264. The third-order valence-corrected chi connectivity index (χ3v) is 7.20. The number of anilines is 1. The predicted octanol–water partition coefficient (Wildman–Crippen LogP) is 1.04. The van der Waals surface area contributed by atoms with Crippen molar-refractivity contribution in [3.8, 4) is 0 Å². The number of halogens is 1. The second-order valence-electron chi connectivity index (χ2n) is 9.33. The lowest BCUT2D eigenvalue weighted by Gasteiger charge is -2.38. The normalized spacial score (nSPS) is 18.0. The summed E-state index contributed by atoms with van der Waals surface area (Å²) in [6.07, 6.45) is 2.63. The Bertz CT molecular complexity index is 1490. The monoisotopic (exact) mass is 494 g/mol. The Balaban J connectivity index is 1.24. The van der Waals surface area contributed by atoms with Crippen LogP contribution in [0, 0.1) is 5.82 Å². The van der Waals surface area contributed by atoms with Crippen molar-refractivity contribution in [2.24, 2.45) is 17.9 Å². The standard InChI is InChI=1S/C24H27FN8O3/c1-29-23(34)31(13-12-30-10-8-24(35,9-11-30)16-4-6-17(25)7-5-16)22-28-21-20(33(22)29)19(27-15-32(21)26)18-3-2-14-36-18/h2-7,14,35H,8-13,15,26H2,1H3. The topological polar surface area (TPSA) is 122 Å². The van der Waals surface area contributed by atoms with Gasteiger partial charge in [-0.25, -0.2) is 24.2 Å². The fraction of sp³-hybridized carbons (Fsp3) is 0.375. The number of benzene rings is 1. The summed E-state index contributed by atoms with van der Waals surface area (Å²) in [5.41, 5.74) is 0.749. The number of likely N-dealkylation sites (tertiary alicyclic amines) is 1. The molecule has 0 atom stereocenters. The second-order valence-corrected chi connectivity index (χ2v) is 9.33. The van der Waals surface area contributed by atoms with E-state index in [1.807, 2.05) is 6.07 Å². The summed E-state index contributed by atoms with van der Waals surface area (Å²) in [5.74, 6) is 7.43. The molecule has 0 unspecified atom stereocenters. The first-order chi connectivity index (χ1) is 17.4. The number of hydrogen-bond acceptors (Lipinski definition) is 8. The first-order valence-corrected chi connectivity index (χ1v) is 11.9. The average molecular weight is 495 g/mol. The van der Waals surface area contributed by atoms with E-state index in [4.69, 9.17) is 15.2 Å². The van der Waals surface area contributed by atoms with E-state index in [9.17, 15) is 14.3 Å². The van der Waals surface area contributed by atoms with Crippen molar-refractivity contribution in [2.75, 3.05) is 31.3 Å². The van der Waals surface area contributed by atoms with Gasteiger partial charge in [0.2, 0.25) is 5.78 Å². The smallest absolute Gasteiger partial charge is 0.345 e. The Morgan fingerprint density at radius 3 is 2.61 bits per heavy atom. The number of fused-ring (bicyclic) bond motifs is 3. The van der Waals surface area contributed by atoms with Crippen molar-refractivity contribution in [1.29, 1.82) is 0 Å². The van der Waals surface area contributed by atoms with Crippen LogP contribution in [-0.4, -0.2) is 60.8 Å². The van der Waals surface area contributed by atoms with Crippen LogP contribution in [-0.2, 0) is 19.2 Å². The summed E-state index contributed by atoms with van der Waals surface area (Å²) in [6, 6.07) is 9.64. The second kappa shape index (κ2) is 8.43. The van der Waals surface area contributed by atoms with Gasteiger partial charge in [-0.2, -0.15) is 4.98 Å². The molecule has 4 aromatic rings. The summed E-state index contributed by atoms with van der Waals surface area (Å²) in [4.78, 5) is 24.6. The van der Waals surface area contributed by atoms with E-state index in [0.29, 0.717) is 67.8 Å². The van der Waals surface area contributed by atoms with Crippen LogP contribution in [0.15, 0.2) is 56.9 Å². The number of hydrazine groups is 1. The van der Waals surface area contributed by atoms with Gasteiger partial charge < -0.3 is 14.4 Å². The van der Waals surface area contributed by atoms with E-state index in [1.54, 1.807) is 40.6 Å². The van der Waals surface area contributed by atoms with Crippen LogP contribution in [0.4, 0.5) is 10.2 Å². The molecule has 0 saturated carbocycles. The van der Waals surface area contributed by atoms with Gasteiger partial charge in [0.25, 0.3) is 0 Å². The number of hydrogen-bond donors (Lipinski definition) is 2. The predicted molar refractivity (Wildman–Crippen MR) is 130 cm³/mol. The van der Waals surface area contributed by atoms with E-state index in [1.165, 1.54) is 21.8 Å². The molecule has 5 heterocycles. The highest BCUT2D eigenvalue weighted by atomic mass is 19.1. The molecule has 2 aliphatic heterocycles. The molecular formula is C24H27FN8O3. The number of imidazole rings is 1. The van der Waals surface area contributed by atoms with E-state index >= 15 is 0 Å². The molecule has 0 aliphatic carbocycles. The van der Waals surface area contributed by atoms with Gasteiger partial charge in [-0.3, -0.25) is 14.6 Å². The Morgan fingerprint density at radius 2 is 1.92 bits per heavy atom. The molecule has 3 aromatic heterocycles. The minimum absolute atomic E-state index is 0.201. The quantitative estimate of drug-likeness (QED) is 0.398. The lowest BCUT2D eigenvalue weighted by Crippen LogP contribution is -2.44. The van der Waals surface area contributed by atoms with Crippen LogP contribution in [0.25, 0.3) is 5.78 Å². The maximum atomic E-state index is 13.3. The molecule has 11 nitrogen and oxygen atoms in total. The van der Waals surface area contributed by atoms with Crippen molar-refractivity contribution in [3.63, 3.8) is 0 Å². The molecule has 2 aliphatic rings. The molecule has 1 fully saturated rings. The van der Waals surface area contributed by atoms with E-state index in [2.05, 4.69) is 9.89 Å². The number of aliphatic imine (C=N–C) groups is 1. The molecule has 0 radical (unpaired) electrons. The van der Waals surface area contributed by atoms with Gasteiger partial charge >= 0.3 is 5.69 Å². The molecule has 3 N–H and O–H groups in total. The number of nitrogens with two attached hydrogens (primary N) is 1. The number of aryl methyl sites for hydroxylation is 1. The fourth-order valence-electron chi connectivity index (χ4n) is 5.13. The summed E-state index contributed by atoms with van der Waals surface area (Å²) in [6.45, 7) is 2.57. The third kappa shape index (κ3) is 3.56. The Morgan fingerprint density at radius 1 is 1.17 bits per heavy atom. The maximum absolute atomic E-state index is 13.3. The Hall–Kier alpha value is -3.74. The fourth-order valence-corrected chi connectivity index (χ4v) is 5.13. The van der Waals surface area contributed by atoms with Gasteiger partial charge in [0.15, 0.2) is 11.6 Å². The molecule has 0 bridgehead atoms. The lowest BCUT2D eigenvalue weighted by atomic mass is 9.84. The van der Waals surface area contributed by atoms with Gasteiger partial charge in [-0.1, -0.05) is 12.1 Å². The first-order valence-electron chi connectivity index (χ1n) is 11.9. The zero-order chi connectivity index (χ0) is 25.0. The molecule has 188 valence electrons. The zero-order valence-corrected chi connectivity index (χ0v) is 19.8. The summed E-state index contributed by atoms with van der Waals surface area (Å²) >= 11 is 0. The van der Waals surface area contributed by atoms with Gasteiger partial charge in [-0.05, 0) is 42.7 Å². The number of piperidine rings is 1.